The Kier molecular flexibility index (Phi) is 13.0. The van der Waals surface area contributed by atoms with Crippen molar-refractivity contribution in [2.24, 2.45) is 4.99 Å². The molecule has 1 unspecified atom stereocenters. The van der Waals surface area contributed by atoms with Crippen LogP contribution in [-0.2, 0) is 19.2 Å². The van der Waals surface area contributed by atoms with Crippen LogP contribution in [0.1, 0.15) is 72.6 Å². The van der Waals surface area contributed by atoms with Crippen molar-refractivity contribution in [2.45, 2.75) is 78.7 Å². The highest BCUT2D eigenvalue weighted by atomic mass is 16.7. The summed E-state index contributed by atoms with van der Waals surface area (Å²) in [7, 11) is 0. The van der Waals surface area contributed by atoms with Crippen molar-refractivity contribution in [2.75, 3.05) is 6.61 Å². The fourth-order valence-electron chi connectivity index (χ4n) is 2.30. The van der Waals surface area contributed by atoms with E-state index in [0.717, 1.165) is 19.3 Å². The molecule has 0 aromatic carbocycles. The summed E-state index contributed by atoms with van der Waals surface area (Å²) >= 11 is 0. The molecular formula is C18H30N2O5. The quantitative estimate of drug-likeness (QED) is 0.199. The van der Waals surface area contributed by atoms with Gasteiger partial charge in [0.05, 0.1) is 12.6 Å². The number of amides is 1. The van der Waals surface area contributed by atoms with Crippen LogP contribution in [0.5, 0.6) is 0 Å². The van der Waals surface area contributed by atoms with Crippen molar-refractivity contribution in [3.63, 3.8) is 0 Å². The number of nitrogens with zero attached hydrogens (tertiary/aromatic N) is 1. The van der Waals surface area contributed by atoms with Gasteiger partial charge in [-0.2, -0.15) is 4.99 Å². The van der Waals surface area contributed by atoms with Gasteiger partial charge in [-0.25, -0.2) is 14.4 Å². The van der Waals surface area contributed by atoms with Crippen molar-refractivity contribution in [3.8, 4) is 0 Å². The lowest BCUT2D eigenvalue weighted by Crippen LogP contribution is -2.28. The molecule has 1 atom stereocenters. The first-order valence-electron chi connectivity index (χ1n) is 8.86. The van der Waals surface area contributed by atoms with E-state index in [-0.39, 0.29) is 6.61 Å². The summed E-state index contributed by atoms with van der Waals surface area (Å²) in [5, 5.41) is 0. The lowest BCUT2D eigenvalue weighted by atomic mass is 9.97. The van der Waals surface area contributed by atoms with Gasteiger partial charge in [0.1, 0.15) is 0 Å². The molecule has 0 heterocycles. The number of carbonyl (C=O) groups is 2. The lowest BCUT2D eigenvalue weighted by molar-refractivity contribution is -0.145. The van der Waals surface area contributed by atoms with Crippen LogP contribution in [0.15, 0.2) is 16.1 Å². The number of rotatable bonds is 11. The van der Waals surface area contributed by atoms with E-state index in [1.807, 2.05) is 5.48 Å². The smallest absolute Gasteiger partial charge is 0.440 e. The van der Waals surface area contributed by atoms with Crippen LogP contribution in [0.25, 0.3) is 0 Å². The van der Waals surface area contributed by atoms with E-state index in [4.69, 9.17) is 0 Å². The third kappa shape index (κ3) is 10.4. The number of ether oxygens (including phenoxy) is 1. The second-order valence-electron chi connectivity index (χ2n) is 5.81. The third-order valence-electron chi connectivity index (χ3n) is 3.94. The maximum atomic E-state index is 12.0. The lowest BCUT2D eigenvalue weighted by Gasteiger charge is -2.14. The van der Waals surface area contributed by atoms with Crippen LogP contribution in [0.4, 0.5) is 4.79 Å². The van der Waals surface area contributed by atoms with E-state index in [2.05, 4.69) is 21.5 Å². The SMILES string of the molecule is CCCCCCCCC(N=C=O)C(C)=C(C)C(=O)ONC(=O)OCC. The number of isocyanates is 1. The first-order chi connectivity index (χ1) is 12.0. The number of hydrogen-bond donors (Lipinski definition) is 1. The van der Waals surface area contributed by atoms with Crippen LogP contribution in [0, 0.1) is 0 Å². The predicted octanol–water partition coefficient (Wildman–Crippen LogP) is 3.98. The molecule has 25 heavy (non-hydrogen) atoms. The zero-order chi connectivity index (χ0) is 19.1. The molecule has 0 radical (unpaired) electrons. The minimum absolute atomic E-state index is 0.172. The van der Waals surface area contributed by atoms with Gasteiger partial charge in [-0.3, -0.25) is 0 Å². The van der Waals surface area contributed by atoms with Crippen molar-refractivity contribution in [1.29, 1.82) is 0 Å². The zero-order valence-corrected chi connectivity index (χ0v) is 15.7. The number of hydroxylamine groups is 1. The summed E-state index contributed by atoms with van der Waals surface area (Å²) < 4.78 is 4.60. The Morgan fingerprint density at radius 3 is 2.32 bits per heavy atom. The van der Waals surface area contributed by atoms with Gasteiger partial charge in [-0.1, -0.05) is 45.4 Å². The van der Waals surface area contributed by atoms with Gasteiger partial charge in [0.25, 0.3) is 0 Å². The molecule has 0 fully saturated rings. The van der Waals surface area contributed by atoms with E-state index in [9.17, 15) is 14.4 Å². The van der Waals surface area contributed by atoms with Crippen LogP contribution < -0.4 is 5.48 Å². The Morgan fingerprint density at radius 2 is 1.72 bits per heavy atom. The minimum atomic E-state index is -0.837. The van der Waals surface area contributed by atoms with Gasteiger partial charge in [-0.05, 0) is 32.8 Å². The average Bonchev–Trinajstić information content (AvgIpc) is 2.60. The van der Waals surface area contributed by atoms with E-state index in [0.29, 0.717) is 17.6 Å². The number of hydrogen-bond acceptors (Lipinski definition) is 6. The molecule has 142 valence electrons. The number of aliphatic imine (C=N–C) groups is 1. The van der Waals surface area contributed by atoms with E-state index in [1.165, 1.54) is 19.3 Å². The molecule has 0 aliphatic carbocycles. The maximum Gasteiger partial charge on any atom is 0.440 e. The molecule has 0 rings (SSSR count). The second kappa shape index (κ2) is 14.2. The first kappa shape index (κ1) is 22.9. The van der Waals surface area contributed by atoms with Crippen molar-refractivity contribution >= 4 is 18.1 Å². The Hall–Kier alpha value is -2.14. The Morgan fingerprint density at radius 1 is 1.08 bits per heavy atom. The van der Waals surface area contributed by atoms with Gasteiger partial charge >= 0.3 is 12.1 Å². The normalized spacial score (nSPS) is 12.5. The van der Waals surface area contributed by atoms with E-state index >= 15 is 0 Å². The molecule has 0 aliphatic rings. The molecule has 0 aromatic rings. The topological polar surface area (TPSA) is 94.1 Å². The summed E-state index contributed by atoms with van der Waals surface area (Å²) in [6.07, 6.45) is 8.16. The fraction of sp³-hybridized carbons (Fsp3) is 0.722. The molecular weight excluding hydrogens is 324 g/mol. The molecule has 0 spiro atoms. The van der Waals surface area contributed by atoms with Gasteiger partial charge in [0.2, 0.25) is 6.08 Å². The molecule has 7 nitrogen and oxygen atoms in total. The molecule has 0 saturated carbocycles. The van der Waals surface area contributed by atoms with Crippen LogP contribution in [-0.4, -0.2) is 30.8 Å². The summed E-state index contributed by atoms with van der Waals surface area (Å²) in [6.45, 7) is 7.27. The van der Waals surface area contributed by atoms with Crippen LogP contribution in [0.2, 0.25) is 0 Å². The molecule has 1 amide bonds. The van der Waals surface area contributed by atoms with E-state index < -0.39 is 18.1 Å². The standard InChI is InChI=1S/C18H30N2O5/c1-5-7-8-9-10-11-12-16(19-13-21)14(3)15(4)17(22)25-20-18(23)24-6-2/h16H,5-12H2,1-4H3,(H,20,23). The van der Waals surface area contributed by atoms with Gasteiger partial charge < -0.3 is 9.57 Å². The minimum Gasteiger partial charge on any atom is -0.448 e. The maximum absolute atomic E-state index is 12.0. The van der Waals surface area contributed by atoms with Gasteiger partial charge in [0, 0.05) is 5.57 Å². The number of carbonyl (C=O) groups excluding carboxylic acids is 3. The van der Waals surface area contributed by atoms with Gasteiger partial charge in [-0.15, -0.1) is 5.48 Å². The highest BCUT2D eigenvalue weighted by molar-refractivity contribution is 5.89. The number of unbranched alkanes of at least 4 members (excludes halogenated alkanes) is 5. The predicted molar refractivity (Wildman–Crippen MR) is 94.5 cm³/mol. The summed E-state index contributed by atoms with van der Waals surface area (Å²) in [5.41, 5.74) is 2.84. The summed E-state index contributed by atoms with van der Waals surface area (Å²) in [6, 6.07) is -0.404. The highest BCUT2D eigenvalue weighted by Crippen LogP contribution is 2.19. The van der Waals surface area contributed by atoms with Crippen molar-refractivity contribution in [3.05, 3.63) is 11.1 Å². The largest absolute Gasteiger partial charge is 0.448 e. The van der Waals surface area contributed by atoms with Crippen molar-refractivity contribution in [1.82, 2.24) is 5.48 Å². The molecule has 0 aliphatic heterocycles. The average molecular weight is 354 g/mol. The second-order valence-corrected chi connectivity index (χ2v) is 5.81. The number of nitrogens with one attached hydrogen (secondary N) is 1. The van der Waals surface area contributed by atoms with Crippen LogP contribution >= 0.6 is 0 Å². The summed E-state index contributed by atoms with van der Waals surface area (Å²) in [5.74, 6) is -0.709. The zero-order valence-electron chi connectivity index (χ0n) is 15.7. The Bertz CT molecular complexity index is 496. The first-order valence-corrected chi connectivity index (χ1v) is 8.86. The van der Waals surface area contributed by atoms with Crippen molar-refractivity contribution < 1.29 is 24.0 Å². The molecule has 0 saturated heterocycles. The Labute approximate surface area is 149 Å². The fourth-order valence-corrected chi connectivity index (χ4v) is 2.30. The highest BCUT2D eigenvalue weighted by Gasteiger charge is 2.18. The monoisotopic (exact) mass is 354 g/mol. The molecule has 0 bridgehead atoms. The summed E-state index contributed by atoms with van der Waals surface area (Å²) in [4.78, 5) is 42.2. The Balaban J connectivity index is 4.61. The molecule has 7 heteroatoms. The molecule has 1 N–H and O–H groups in total. The third-order valence-corrected chi connectivity index (χ3v) is 3.94. The van der Waals surface area contributed by atoms with E-state index in [1.54, 1.807) is 26.9 Å². The van der Waals surface area contributed by atoms with Gasteiger partial charge in [0.15, 0.2) is 0 Å². The molecule has 0 aromatic heterocycles. The van der Waals surface area contributed by atoms with Crippen LogP contribution in [0.3, 0.4) is 0 Å².